The summed E-state index contributed by atoms with van der Waals surface area (Å²) in [5.41, 5.74) is 2.25. The molecule has 1 saturated heterocycles. The number of hydrogen-bond acceptors (Lipinski definition) is 3. The minimum absolute atomic E-state index is 0.0430. The van der Waals surface area contributed by atoms with Gasteiger partial charge < -0.3 is 10.6 Å². The lowest BCUT2D eigenvalue weighted by molar-refractivity contribution is -0.124. The Balaban J connectivity index is 1.55. The predicted octanol–water partition coefficient (Wildman–Crippen LogP) is 1.74. The van der Waals surface area contributed by atoms with Gasteiger partial charge in [-0.3, -0.25) is 9.48 Å². The third-order valence-corrected chi connectivity index (χ3v) is 4.54. The standard InChI is InChI=1S/C17H21ClN4O/c1-22-11-13(8-21-22)15-9-19-10-16(15)17(23)20-6-5-12-3-2-4-14(18)7-12/h2-4,7-8,11,15-16,19H,5-6,9-10H2,1H3,(H,20,23)/t15-,16+/m1/s1. The van der Waals surface area contributed by atoms with Crippen LogP contribution in [0.25, 0.3) is 0 Å². The molecule has 122 valence electrons. The summed E-state index contributed by atoms with van der Waals surface area (Å²) < 4.78 is 1.78. The highest BCUT2D eigenvalue weighted by Gasteiger charge is 2.34. The van der Waals surface area contributed by atoms with Crippen LogP contribution in [0.15, 0.2) is 36.7 Å². The largest absolute Gasteiger partial charge is 0.355 e. The second-order valence-electron chi connectivity index (χ2n) is 5.99. The molecule has 23 heavy (non-hydrogen) atoms. The van der Waals surface area contributed by atoms with Crippen LogP contribution in [0.3, 0.4) is 0 Å². The third kappa shape index (κ3) is 3.92. The number of nitrogens with zero attached hydrogens (tertiary/aromatic N) is 2. The van der Waals surface area contributed by atoms with Crippen LogP contribution >= 0.6 is 11.6 Å². The molecule has 1 aromatic carbocycles. The molecule has 1 aliphatic heterocycles. The van der Waals surface area contributed by atoms with E-state index in [-0.39, 0.29) is 17.7 Å². The minimum Gasteiger partial charge on any atom is -0.355 e. The van der Waals surface area contributed by atoms with Crippen LogP contribution in [0, 0.1) is 5.92 Å². The van der Waals surface area contributed by atoms with Gasteiger partial charge >= 0.3 is 0 Å². The van der Waals surface area contributed by atoms with Crippen molar-refractivity contribution in [2.75, 3.05) is 19.6 Å². The van der Waals surface area contributed by atoms with Gasteiger partial charge in [0.05, 0.1) is 12.1 Å². The summed E-state index contributed by atoms with van der Waals surface area (Å²) in [6.07, 6.45) is 4.62. The highest BCUT2D eigenvalue weighted by molar-refractivity contribution is 6.30. The van der Waals surface area contributed by atoms with Crippen LogP contribution < -0.4 is 10.6 Å². The Kier molecular flexibility index (Phi) is 4.98. The van der Waals surface area contributed by atoms with E-state index in [9.17, 15) is 4.79 Å². The molecule has 0 saturated carbocycles. The van der Waals surface area contributed by atoms with Gasteiger partial charge in [0.2, 0.25) is 5.91 Å². The van der Waals surface area contributed by atoms with Gasteiger partial charge in [-0.25, -0.2) is 0 Å². The molecule has 1 aromatic heterocycles. The Morgan fingerprint density at radius 3 is 3.09 bits per heavy atom. The van der Waals surface area contributed by atoms with Crippen molar-refractivity contribution in [3.8, 4) is 0 Å². The van der Waals surface area contributed by atoms with Crippen LogP contribution in [-0.2, 0) is 18.3 Å². The maximum atomic E-state index is 12.5. The molecule has 0 aliphatic carbocycles. The zero-order valence-corrected chi connectivity index (χ0v) is 13.9. The molecule has 0 spiro atoms. The molecule has 2 N–H and O–H groups in total. The molecular weight excluding hydrogens is 312 g/mol. The number of nitrogens with one attached hydrogen (secondary N) is 2. The van der Waals surface area contributed by atoms with Crippen molar-refractivity contribution in [1.82, 2.24) is 20.4 Å². The first-order chi connectivity index (χ1) is 11.1. The molecular formula is C17H21ClN4O. The first kappa shape index (κ1) is 16.0. The molecule has 0 radical (unpaired) electrons. The normalized spacial score (nSPS) is 20.6. The van der Waals surface area contributed by atoms with Gasteiger partial charge in [-0.2, -0.15) is 5.10 Å². The molecule has 2 aromatic rings. The molecule has 6 heteroatoms. The fraction of sp³-hybridized carbons (Fsp3) is 0.412. The van der Waals surface area contributed by atoms with Crippen molar-refractivity contribution < 1.29 is 4.79 Å². The van der Waals surface area contributed by atoms with Crippen LogP contribution in [0.4, 0.5) is 0 Å². The molecule has 1 aliphatic rings. The van der Waals surface area contributed by atoms with Crippen LogP contribution in [0.2, 0.25) is 5.02 Å². The van der Waals surface area contributed by atoms with Gasteiger partial charge in [-0.15, -0.1) is 0 Å². The lowest BCUT2D eigenvalue weighted by Gasteiger charge is -2.17. The molecule has 2 heterocycles. The number of amides is 1. The number of hydrogen-bond donors (Lipinski definition) is 2. The topological polar surface area (TPSA) is 59.0 Å². The Morgan fingerprint density at radius 1 is 1.48 bits per heavy atom. The van der Waals surface area contributed by atoms with E-state index in [4.69, 9.17) is 11.6 Å². The van der Waals surface area contributed by atoms with Crippen molar-refractivity contribution in [1.29, 1.82) is 0 Å². The van der Waals surface area contributed by atoms with Gasteiger partial charge in [-0.05, 0) is 29.7 Å². The first-order valence-electron chi connectivity index (χ1n) is 7.85. The molecule has 1 fully saturated rings. The molecule has 2 atom stereocenters. The summed E-state index contributed by atoms with van der Waals surface area (Å²) in [5.74, 6) is 0.249. The summed E-state index contributed by atoms with van der Waals surface area (Å²) in [5, 5.41) is 11.3. The first-order valence-corrected chi connectivity index (χ1v) is 8.22. The van der Waals surface area contributed by atoms with E-state index in [1.165, 1.54) is 0 Å². The lowest BCUT2D eigenvalue weighted by atomic mass is 9.90. The summed E-state index contributed by atoms with van der Waals surface area (Å²) in [6, 6.07) is 7.74. The predicted molar refractivity (Wildman–Crippen MR) is 90.5 cm³/mol. The SMILES string of the molecule is Cn1cc([C@H]2CNC[C@@H]2C(=O)NCCc2cccc(Cl)c2)cn1. The second kappa shape index (κ2) is 7.15. The second-order valence-corrected chi connectivity index (χ2v) is 6.43. The monoisotopic (exact) mass is 332 g/mol. The van der Waals surface area contributed by atoms with Gasteiger partial charge in [-0.1, -0.05) is 23.7 Å². The van der Waals surface area contributed by atoms with Crippen LogP contribution in [-0.4, -0.2) is 35.3 Å². The fourth-order valence-electron chi connectivity index (χ4n) is 3.09. The maximum absolute atomic E-state index is 12.5. The fourth-order valence-corrected chi connectivity index (χ4v) is 3.30. The number of benzene rings is 1. The van der Waals surface area contributed by atoms with Gasteiger partial charge in [0, 0.05) is 43.8 Å². The van der Waals surface area contributed by atoms with Gasteiger partial charge in [0.25, 0.3) is 0 Å². The number of carbonyl (C=O) groups excluding carboxylic acids is 1. The Hall–Kier alpha value is -1.85. The number of rotatable bonds is 5. The molecule has 1 amide bonds. The quantitative estimate of drug-likeness (QED) is 0.876. The highest BCUT2D eigenvalue weighted by atomic mass is 35.5. The summed E-state index contributed by atoms with van der Waals surface area (Å²) >= 11 is 5.98. The Bertz CT molecular complexity index is 685. The third-order valence-electron chi connectivity index (χ3n) is 4.31. The van der Waals surface area contributed by atoms with E-state index in [1.54, 1.807) is 4.68 Å². The smallest absolute Gasteiger partial charge is 0.225 e. The zero-order valence-electron chi connectivity index (χ0n) is 13.1. The van der Waals surface area contributed by atoms with Crippen molar-refractivity contribution in [2.24, 2.45) is 13.0 Å². The van der Waals surface area contributed by atoms with E-state index in [0.29, 0.717) is 13.1 Å². The van der Waals surface area contributed by atoms with E-state index in [0.717, 1.165) is 29.1 Å². The molecule has 0 bridgehead atoms. The van der Waals surface area contributed by atoms with Crippen molar-refractivity contribution in [2.45, 2.75) is 12.3 Å². The van der Waals surface area contributed by atoms with E-state index >= 15 is 0 Å². The van der Waals surface area contributed by atoms with E-state index in [2.05, 4.69) is 15.7 Å². The van der Waals surface area contributed by atoms with E-state index < -0.39 is 0 Å². The highest BCUT2D eigenvalue weighted by Crippen LogP contribution is 2.27. The summed E-state index contributed by atoms with van der Waals surface area (Å²) in [6.45, 7) is 2.15. The molecule has 3 rings (SSSR count). The average Bonchev–Trinajstić information content (AvgIpc) is 3.15. The van der Waals surface area contributed by atoms with Crippen LogP contribution in [0.1, 0.15) is 17.0 Å². The molecule has 0 unspecified atom stereocenters. The zero-order chi connectivity index (χ0) is 16.2. The molecule has 5 nitrogen and oxygen atoms in total. The number of aromatic nitrogens is 2. The lowest BCUT2D eigenvalue weighted by Crippen LogP contribution is -2.35. The Morgan fingerprint density at radius 2 is 2.35 bits per heavy atom. The number of aryl methyl sites for hydroxylation is 1. The average molecular weight is 333 g/mol. The summed E-state index contributed by atoms with van der Waals surface area (Å²) in [7, 11) is 1.89. The van der Waals surface area contributed by atoms with Gasteiger partial charge in [0.1, 0.15) is 0 Å². The van der Waals surface area contributed by atoms with Crippen molar-refractivity contribution in [3.63, 3.8) is 0 Å². The maximum Gasteiger partial charge on any atom is 0.225 e. The van der Waals surface area contributed by atoms with Crippen molar-refractivity contribution >= 4 is 17.5 Å². The Labute approximate surface area is 141 Å². The minimum atomic E-state index is -0.0430. The van der Waals surface area contributed by atoms with E-state index in [1.807, 2.05) is 43.7 Å². The van der Waals surface area contributed by atoms with Crippen LogP contribution in [0.5, 0.6) is 0 Å². The number of carbonyl (C=O) groups is 1. The van der Waals surface area contributed by atoms with Gasteiger partial charge in [0.15, 0.2) is 0 Å². The van der Waals surface area contributed by atoms with Crippen molar-refractivity contribution in [3.05, 3.63) is 52.8 Å². The summed E-state index contributed by atoms with van der Waals surface area (Å²) in [4.78, 5) is 12.5. The number of halogens is 1.